The van der Waals surface area contributed by atoms with E-state index in [9.17, 15) is 45.6 Å². The summed E-state index contributed by atoms with van der Waals surface area (Å²) in [7, 11) is 1.20. The highest BCUT2D eigenvalue weighted by molar-refractivity contribution is 5.88. The van der Waals surface area contributed by atoms with E-state index in [4.69, 9.17) is 18.6 Å². The molecular weight excluding hydrogens is 472 g/mol. The van der Waals surface area contributed by atoms with E-state index < -0.39 is 82.6 Å². The van der Waals surface area contributed by atoms with Crippen LogP contribution in [-0.2, 0) is 4.74 Å². The monoisotopic (exact) mass is 494 g/mol. The molecule has 13 heteroatoms. The van der Waals surface area contributed by atoms with Crippen LogP contribution < -0.4 is 14.9 Å². The third kappa shape index (κ3) is 4.15. The van der Waals surface area contributed by atoms with Gasteiger partial charge < -0.3 is 59.5 Å². The summed E-state index contributed by atoms with van der Waals surface area (Å²) in [4.78, 5) is 13.4. The molecule has 0 saturated carbocycles. The summed E-state index contributed by atoms with van der Waals surface area (Å²) in [5, 5.41) is 79.5. The van der Waals surface area contributed by atoms with Crippen LogP contribution in [-0.4, -0.2) is 85.3 Å². The van der Waals surface area contributed by atoms with E-state index in [0.717, 1.165) is 18.2 Å². The topological polar surface area (TPSA) is 220 Å². The van der Waals surface area contributed by atoms with Crippen LogP contribution in [0, 0.1) is 0 Å². The number of phenols is 4. The summed E-state index contributed by atoms with van der Waals surface area (Å²) < 4.78 is 21.6. The first kappa shape index (κ1) is 24.4. The van der Waals surface area contributed by atoms with Gasteiger partial charge in [-0.15, -0.1) is 0 Å². The highest BCUT2D eigenvalue weighted by Gasteiger charge is 2.45. The number of aliphatic hydroxyl groups is 4. The average Bonchev–Trinajstić information content (AvgIpc) is 2.81. The van der Waals surface area contributed by atoms with Gasteiger partial charge in [0, 0.05) is 17.7 Å². The molecule has 0 amide bonds. The Morgan fingerprint density at radius 1 is 0.943 bits per heavy atom. The molecule has 1 aliphatic heterocycles. The molecule has 1 aromatic heterocycles. The molecule has 188 valence electrons. The lowest BCUT2D eigenvalue weighted by Crippen LogP contribution is -2.60. The number of phenolic OH excluding ortho intramolecular Hbond substituents is 4. The van der Waals surface area contributed by atoms with Crippen molar-refractivity contribution in [2.75, 3.05) is 13.7 Å². The highest BCUT2D eigenvalue weighted by atomic mass is 16.7. The van der Waals surface area contributed by atoms with Gasteiger partial charge in [-0.1, -0.05) is 0 Å². The van der Waals surface area contributed by atoms with Gasteiger partial charge >= 0.3 is 0 Å². The van der Waals surface area contributed by atoms with E-state index in [1.807, 2.05) is 0 Å². The molecule has 13 nitrogen and oxygen atoms in total. The number of ether oxygens (including phenoxy) is 3. The van der Waals surface area contributed by atoms with Crippen molar-refractivity contribution in [1.82, 2.24) is 0 Å². The Bertz CT molecular complexity index is 1320. The van der Waals surface area contributed by atoms with Gasteiger partial charge in [0.15, 0.2) is 17.3 Å². The van der Waals surface area contributed by atoms with Gasteiger partial charge in [0.2, 0.25) is 23.2 Å². The maximum Gasteiger partial charge on any atom is 0.239 e. The summed E-state index contributed by atoms with van der Waals surface area (Å²) in [5.41, 5.74) is -1.35. The minimum Gasteiger partial charge on any atom is -0.508 e. The van der Waals surface area contributed by atoms with Crippen molar-refractivity contribution in [1.29, 1.82) is 0 Å². The van der Waals surface area contributed by atoms with Gasteiger partial charge in [-0.05, 0) is 12.1 Å². The van der Waals surface area contributed by atoms with Crippen LogP contribution in [0.15, 0.2) is 33.5 Å². The van der Waals surface area contributed by atoms with E-state index in [0.29, 0.717) is 0 Å². The van der Waals surface area contributed by atoms with Crippen LogP contribution in [0.5, 0.6) is 34.5 Å². The number of aliphatic hydroxyl groups excluding tert-OH is 4. The number of hydrogen-bond acceptors (Lipinski definition) is 13. The molecule has 8 N–H and O–H groups in total. The summed E-state index contributed by atoms with van der Waals surface area (Å²) in [5.74, 6) is -3.64. The van der Waals surface area contributed by atoms with Crippen molar-refractivity contribution in [2.24, 2.45) is 0 Å². The molecule has 35 heavy (non-hydrogen) atoms. The first-order valence-corrected chi connectivity index (χ1v) is 10.2. The molecule has 4 rings (SSSR count). The zero-order chi connectivity index (χ0) is 25.6. The van der Waals surface area contributed by atoms with Crippen LogP contribution in [0.4, 0.5) is 0 Å². The third-order valence-corrected chi connectivity index (χ3v) is 5.54. The lowest BCUT2D eigenvalue weighted by Gasteiger charge is -2.39. The number of benzene rings is 2. The van der Waals surface area contributed by atoms with Gasteiger partial charge in [-0.3, -0.25) is 4.79 Å². The number of hydrogen-bond donors (Lipinski definition) is 8. The largest absolute Gasteiger partial charge is 0.508 e. The molecular formula is C22H22O13. The van der Waals surface area contributed by atoms with Crippen LogP contribution in [0.25, 0.3) is 22.3 Å². The zero-order valence-electron chi connectivity index (χ0n) is 18.0. The molecule has 2 aromatic carbocycles. The van der Waals surface area contributed by atoms with Crippen LogP contribution in [0.2, 0.25) is 0 Å². The van der Waals surface area contributed by atoms with Crippen LogP contribution in [0.1, 0.15) is 0 Å². The fourth-order valence-electron chi connectivity index (χ4n) is 3.73. The van der Waals surface area contributed by atoms with Crippen molar-refractivity contribution in [3.8, 4) is 45.8 Å². The molecule has 0 unspecified atom stereocenters. The summed E-state index contributed by atoms with van der Waals surface area (Å²) in [6.45, 7) is -0.757. The van der Waals surface area contributed by atoms with Crippen LogP contribution in [0.3, 0.4) is 0 Å². The van der Waals surface area contributed by atoms with Gasteiger partial charge in [-0.25, -0.2) is 0 Å². The molecule has 0 aliphatic carbocycles. The Morgan fingerprint density at radius 2 is 1.66 bits per heavy atom. The molecule has 1 fully saturated rings. The van der Waals surface area contributed by atoms with Gasteiger partial charge in [-0.2, -0.15) is 0 Å². The second-order valence-corrected chi connectivity index (χ2v) is 7.79. The van der Waals surface area contributed by atoms with E-state index in [1.54, 1.807) is 0 Å². The Kier molecular flexibility index (Phi) is 6.36. The molecule has 3 aromatic rings. The molecule has 0 spiro atoms. The first-order chi connectivity index (χ1) is 16.6. The SMILES string of the molecule is COc1cc(-c2oc3cc(O)cc(O)c3c(=O)c2O[C@H]2O[C@H](CO)[C@@H](O)[C@H](O)[C@H]2O)cc(O)c1O. The van der Waals surface area contributed by atoms with Gasteiger partial charge in [0.25, 0.3) is 0 Å². The first-order valence-electron chi connectivity index (χ1n) is 10.2. The van der Waals surface area contributed by atoms with Crippen molar-refractivity contribution in [2.45, 2.75) is 30.7 Å². The maximum absolute atomic E-state index is 13.4. The number of rotatable bonds is 5. The van der Waals surface area contributed by atoms with Gasteiger partial charge in [0.05, 0.1) is 13.7 Å². The minimum absolute atomic E-state index is 0.0708. The third-order valence-electron chi connectivity index (χ3n) is 5.54. The molecule has 1 saturated heterocycles. The van der Waals surface area contributed by atoms with Crippen molar-refractivity contribution < 1.29 is 59.5 Å². The van der Waals surface area contributed by atoms with Crippen molar-refractivity contribution in [3.63, 3.8) is 0 Å². The van der Waals surface area contributed by atoms with E-state index in [2.05, 4.69) is 0 Å². The number of fused-ring (bicyclic) bond motifs is 1. The smallest absolute Gasteiger partial charge is 0.239 e. The maximum atomic E-state index is 13.4. The quantitative estimate of drug-likeness (QED) is 0.209. The molecule has 0 bridgehead atoms. The number of aromatic hydroxyl groups is 4. The molecule has 5 atom stereocenters. The van der Waals surface area contributed by atoms with Gasteiger partial charge in [0.1, 0.15) is 46.9 Å². The predicted octanol–water partition coefficient (Wildman–Crippen LogP) is -0.530. The Hall–Kier alpha value is -3.75. The standard InChI is InChI=1S/C22H22O13/c1-32-12-3-7(2-10(26)15(12)27)20-21(17(29)14-9(25)4-8(24)5-11(14)33-20)35-22-19(31)18(30)16(28)13(6-23)34-22/h2-5,13,16,18-19,22-28,30-31H,6H2,1H3/t13-,16-,18+,19-,22-/m1/s1. The van der Waals surface area contributed by atoms with E-state index in [1.165, 1.54) is 13.2 Å². The Morgan fingerprint density at radius 3 is 2.31 bits per heavy atom. The predicted molar refractivity (Wildman–Crippen MR) is 116 cm³/mol. The Balaban J connectivity index is 1.94. The Labute approximate surface area is 195 Å². The summed E-state index contributed by atoms with van der Waals surface area (Å²) in [6.07, 6.45) is -8.53. The average molecular weight is 494 g/mol. The minimum atomic E-state index is -1.88. The van der Waals surface area contributed by atoms with E-state index >= 15 is 0 Å². The highest BCUT2D eigenvalue weighted by Crippen LogP contribution is 2.43. The molecule has 2 heterocycles. The van der Waals surface area contributed by atoms with Crippen molar-refractivity contribution in [3.05, 3.63) is 34.5 Å². The van der Waals surface area contributed by atoms with Crippen molar-refractivity contribution >= 4 is 11.0 Å². The summed E-state index contributed by atoms with van der Waals surface area (Å²) in [6, 6.07) is 4.10. The zero-order valence-corrected chi connectivity index (χ0v) is 18.0. The fraction of sp³-hybridized carbons (Fsp3) is 0.318. The normalized spacial score (nSPS) is 24.4. The fourth-order valence-corrected chi connectivity index (χ4v) is 3.73. The molecule has 1 aliphatic rings. The summed E-state index contributed by atoms with van der Waals surface area (Å²) >= 11 is 0. The lowest BCUT2D eigenvalue weighted by molar-refractivity contribution is -0.277. The van der Waals surface area contributed by atoms with Crippen LogP contribution >= 0.6 is 0 Å². The number of methoxy groups -OCH3 is 1. The molecule has 0 radical (unpaired) electrons. The van der Waals surface area contributed by atoms with E-state index in [-0.39, 0.29) is 16.9 Å². The second kappa shape index (κ2) is 9.13. The lowest BCUT2D eigenvalue weighted by atomic mass is 9.99. The second-order valence-electron chi connectivity index (χ2n) is 7.79.